The summed E-state index contributed by atoms with van der Waals surface area (Å²) < 4.78 is 5.60. The van der Waals surface area contributed by atoms with E-state index in [1.54, 1.807) is 0 Å². The fourth-order valence-corrected chi connectivity index (χ4v) is 1.86. The van der Waals surface area contributed by atoms with Crippen LogP contribution in [0.4, 0.5) is 0 Å². The van der Waals surface area contributed by atoms with Crippen LogP contribution in [-0.4, -0.2) is 23.3 Å². The average molecular weight is 280 g/mol. The van der Waals surface area contributed by atoms with Crippen LogP contribution < -0.4 is 5.32 Å². The molecule has 0 radical (unpaired) electrons. The van der Waals surface area contributed by atoms with Crippen molar-refractivity contribution in [3.05, 3.63) is 46.6 Å². The third kappa shape index (κ3) is 4.65. The van der Waals surface area contributed by atoms with Gasteiger partial charge in [-0.05, 0) is 30.7 Å². The summed E-state index contributed by atoms with van der Waals surface area (Å²) >= 11 is 5.84. The first-order chi connectivity index (χ1) is 9.28. The molecule has 2 rings (SSSR count). The molecular formula is C14H18ClN3O. The van der Waals surface area contributed by atoms with E-state index in [-0.39, 0.29) is 0 Å². The molecule has 0 aliphatic heterocycles. The van der Waals surface area contributed by atoms with Gasteiger partial charge in [0.15, 0.2) is 0 Å². The summed E-state index contributed by atoms with van der Waals surface area (Å²) in [5, 5.41) is 12.1. The van der Waals surface area contributed by atoms with Gasteiger partial charge in [0.1, 0.15) is 0 Å². The van der Waals surface area contributed by atoms with E-state index in [0.29, 0.717) is 18.2 Å². The summed E-state index contributed by atoms with van der Waals surface area (Å²) in [5.41, 5.74) is 1.11. The summed E-state index contributed by atoms with van der Waals surface area (Å²) in [6, 6.07) is 7.66. The number of hydrogen-bond acceptors (Lipinski definition) is 4. The van der Waals surface area contributed by atoms with Crippen LogP contribution in [0.15, 0.2) is 28.7 Å². The van der Waals surface area contributed by atoms with Crippen molar-refractivity contribution in [1.29, 1.82) is 0 Å². The number of benzene rings is 1. The third-order valence-electron chi connectivity index (χ3n) is 2.72. The van der Waals surface area contributed by atoms with Gasteiger partial charge in [-0.25, -0.2) is 0 Å². The van der Waals surface area contributed by atoms with Crippen LogP contribution >= 0.6 is 11.6 Å². The molecule has 0 amide bonds. The van der Waals surface area contributed by atoms with Crippen molar-refractivity contribution >= 4 is 11.6 Å². The molecule has 0 aliphatic rings. The molecule has 0 aliphatic carbocycles. The molecular weight excluding hydrogens is 262 g/mol. The number of halogens is 1. The van der Waals surface area contributed by atoms with E-state index >= 15 is 0 Å². The summed E-state index contributed by atoms with van der Waals surface area (Å²) in [5.74, 6) is 1.33. The number of hydrogen-bond donors (Lipinski definition) is 1. The molecule has 1 heterocycles. The first-order valence-electron chi connectivity index (χ1n) is 6.54. The molecule has 0 atom stereocenters. The lowest BCUT2D eigenvalue weighted by molar-refractivity contribution is 0.451. The van der Waals surface area contributed by atoms with E-state index in [1.165, 1.54) is 0 Å². The van der Waals surface area contributed by atoms with Crippen LogP contribution in [-0.2, 0) is 12.8 Å². The summed E-state index contributed by atoms with van der Waals surface area (Å²) in [7, 11) is 0. The van der Waals surface area contributed by atoms with Crippen LogP contribution in [0.25, 0.3) is 0 Å². The summed E-state index contributed by atoms with van der Waals surface area (Å²) in [6.45, 7) is 4.03. The Labute approximate surface area is 118 Å². The van der Waals surface area contributed by atoms with Gasteiger partial charge in [0, 0.05) is 18.0 Å². The lowest BCUT2D eigenvalue weighted by Crippen LogP contribution is -2.17. The molecule has 0 saturated heterocycles. The van der Waals surface area contributed by atoms with Gasteiger partial charge >= 0.3 is 0 Å². The highest BCUT2D eigenvalue weighted by Crippen LogP contribution is 2.13. The smallest absolute Gasteiger partial charge is 0.220 e. The summed E-state index contributed by atoms with van der Waals surface area (Å²) in [6.07, 6.45) is 2.55. The molecule has 1 aromatic carbocycles. The van der Waals surface area contributed by atoms with Gasteiger partial charge in [-0.1, -0.05) is 30.7 Å². The lowest BCUT2D eigenvalue weighted by Gasteiger charge is -1.99. The topological polar surface area (TPSA) is 51.0 Å². The second-order valence-electron chi connectivity index (χ2n) is 4.39. The molecule has 0 unspecified atom stereocenters. The van der Waals surface area contributed by atoms with Gasteiger partial charge in [0.25, 0.3) is 0 Å². The van der Waals surface area contributed by atoms with Crippen molar-refractivity contribution < 1.29 is 4.42 Å². The zero-order valence-corrected chi connectivity index (χ0v) is 11.8. The van der Waals surface area contributed by atoms with Crippen LogP contribution in [0.3, 0.4) is 0 Å². The molecule has 0 saturated carbocycles. The van der Waals surface area contributed by atoms with Gasteiger partial charge in [0.05, 0.1) is 6.42 Å². The zero-order chi connectivity index (χ0) is 13.5. The highest BCUT2D eigenvalue weighted by Gasteiger charge is 2.06. The highest BCUT2D eigenvalue weighted by atomic mass is 35.5. The molecule has 1 aromatic heterocycles. The van der Waals surface area contributed by atoms with Crippen LogP contribution in [0.1, 0.15) is 30.7 Å². The van der Waals surface area contributed by atoms with E-state index < -0.39 is 0 Å². The molecule has 19 heavy (non-hydrogen) atoms. The Morgan fingerprint density at radius 2 is 1.84 bits per heavy atom. The van der Waals surface area contributed by atoms with Crippen molar-refractivity contribution in [2.75, 3.05) is 13.1 Å². The zero-order valence-electron chi connectivity index (χ0n) is 11.0. The minimum atomic E-state index is 0.645. The Balaban J connectivity index is 1.85. The first kappa shape index (κ1) is 14.0. The van der Waals surface area contributed by atoms with Crippen molar-refractivity contribution in [2.45, 2.75) is 26.2 Å². The molecule has 0 spiro atoms. The average Bonchev–Trinajstić information content (AvgIpc) is 2.85. The van der Waals surface area contributed by atoms with Crippen molar-refractivity contribution in [2.24, 2.45) is 0 Å². The Morgan fingerprint density at radius 1 is 1.11 bits per heavy atom. The van der Waals surface area contributed by atoms with E-state index in [9.17, 15) is 0 Å². The number of rotatable bonds is 7. The van der Waals surface area contributed by atoms with Crippen molar-refractivity contribution in [3.63, 3.8) is 0 Å². The molecule has 0 bridgehead atoms. The fourth-order valence-electron chi connectivity index (χ4n) is 1.73. The maximum absolute atomic E-state index is 5.84. The molecule has 102 valence electrons. The number of nitrogens with one attached hydrogen (secondary N) is 1. The standard InChI is InChI=1S/C14H18ClN3O/c1-2-8-16-9-7-13-17-18-14(19-13)10-11-3-5-12(15)6-4-11/h3-6,16H,2,7-10H2,1H3. The largest absolute Gasteiger partial charge is 0.425 e. The number of nitrogens with zero attached hydrogens (tertiary/aromatic N) is 2. The minimum Gasteiger partial charge on any atom is -0.425 e. The quantitative estimate of drug-likeness (QED) is 0.792. The van der Waals surface area contributed by atoms with Gasteiger partial charge in [-0.15, -0.1) is 10.2 Å². The Kier molecular flexibility index (Phi) is 5.36. The Hall–Kier alpha value is -1.39. The first-order valence-corrected chi connectivity index (χ1v) is 6.92. The molecule has 5 heteroatoms. The maximum atomic E-state index is 5.84. The van der Waals surface area contributed by atoms with Crippen LogP contribution in [0, 0.1) is 0 Å². The normalized spacial score (nSPS) is 10.8. The highest BCUT2D eigenvalue weighted by molar-refractivity contribution is 6.30. The fraction of sp³-hybridized carbons (Fsp3) is 0.429. The molecule has 4 nitrogen and oxygen atoms in total. The predicted molar refractivity (Wildman–Crippen MR) is 75.4 cm³/mol. The third-order valence-corrected chi connectivity index (χ3v) is 2.97. The number of aromatic nitrogens is 2. The molecule has 1 N–H and O–H groups in total. The van der Waals surface area contributed by atoms with Crippen LogP contribution in [0.2, 0.25) is 5.02 Å². The van der Waals surface area contributed by atoms with Crippen molar-refractivity contribution in [1.82, 2.24) is 15.5 Å². The second kappa shape index (κ2) is 7.26. The minimum absolute atomic E-state index is 0.645. The van der Waals surface area contributed by atoms with E-state index in [0.717, 1.165) is 36.5 Å². The van der Waals surface area contributed by atoms with E-state index in [2.05, 4.69) is 22.4 Å². The van der Waals surface area contributed by atoms with Gasteiger partial charge in [0.2, 0.25) is 11.8 Å². The lowest BCUT2D eigenvalue weighted by atomic mass is 10.1. The molecule has 2 aromatic rings. The Bertz CT molecular complexity index is 496. The van der Waals surface area contributed by atoms with Gasteiger partial charge in [-0.2, -0.15) is 0 Å². The van der Waals surface area contributed by atoms with E-state index in [1.807, 2.05) is 24.3 Å². The SMILES string of the molecule is CCCNCCc1nnc(Cc2ccc(Cl)cc2)o1. The maximum Gasteiger partial charge on any atom is 0.220 e. The monoisotopic (exact) mass is 279 g/mol. The summed E-state index contributed by atoms with van der Waals surface area (Å²) in [4.78, 5) is 0. The molecule has 0 fully saturated rings. The second-order valence-corrected chi connectivity index (χ2v) is 4.83. The van der Waals surface area contributed by atoms with Gasteiger partial charge < -0.3 is 9.73 Å². The van der Waals surface area contributed by atoms with Gasteiger partial charge in [-0.3, -0.25) is 0 Å². The predicted octanol–water partition coefficient (Wildman–Crippen LogP) is 2.86. The van der Waals surface area contributed by atoms with E-state index in [4.69, 9.17) is 16.0 Å². The Morgan fingerprint density at radius 3 is 2.58 bits per heavy atom. The van der Waals surface area contributed by atoms with Crippen LogP contribution in [0.5, 0.6) is 0 Å². The van der Waals surface area contributed by atoms with Crippen molar-refractivity contribution in [3.8, 4) is 0 Å².